The molecule has 0 aliphatic heterocycles. The number of carbonyl (C=O) groups is 2. The summed E-state index contributed by atoms with van der Waals surface area (Å²) in [6.45, 7) is 5.24. The van der Waals surface area contributed by atoms with Crippen LogP contribution in [0.15, 0.2) is 12.7 Å². The summed E-state index contributed by atoms with van der Waals surface area (Å²) in [5.74, 6) is -1.25. The predicted molar refractivity (Wildman–Crippen MR) is 66.5 cm³/mol. The highest BCUT2D eigenvalue weighted by atomic mass is 16.4. The van der Waals surface area contributed by atoms with Gasteiger partial charge < -0.3 is 15.7 Å². The van der Waals surface area contributed by atoms with Gasteiger partial charge in [-0.05, 0) is 6.92 Å². The van der Waals surface area contributed by atoms with Crippen molar-refractivity contribution in [2.24, 2.45) is 12.8 Å². The van der Waals surface area contributed by atoms with Gasteiger partial charge >= 0.3 is 5.97 Å². The molecule has 0 atom stereocenters. The third kappa shape index (κ3) is 2.68. The van der Waals surface area contributed by atoms with Crippen molar-refractivity contribution in [2.75, 3.05) is 18.0 Å². The van der Waals surface area contributed by atoms with E-state index in [1.807, 2.05) is 0 Å². The Morgan fingerprint density at radius 3 is 2.67 bits per heavy atom. The topological polar surface area (TPSA) is 101 Å². The Balaban J connectivity index is 3.29. The lowest BCUT2D eigenvalue weighted by Gasteiger charge is -2.21. The van der Waals surface area contributed by atoms with Gasteiger partial charge in [-0.2, -0.15) is 5.10 Å². The highest BCUT2D eigenvalue weighted by molar-refractivity contribution is 5.99. The molecule has 7 heteroatoms. The second kappa shape index (κ2) is 5.35. The Morgan fingerprint density at radius 1 is 1.61 bits per heavy atom. The fourth-order valence-corrected chi connectivity index (χ4v) is 1.84. The summed E-state index contributed by atoms with van der Waals surface area (Å²) in [6, 6.07) is 0. The van der Waals surface area contributed by atoms with Gasteiger partial charge in [0, 0.05) is 13.6 Å². The molecule has 0 aliphatic carbocycles. The molecule has 18 heavy (non-hydrogen) atoms. The minimum absolute atomic E-state index is 0.237. The van der Waals surface area contributed by atoms with E-state index < -0.39 is 11.9 Å². The van der Waals surface area contributed by atoms with Crippen molar-refractivity contribution in [3.05, 3.63) is 23.9 Å². The molecule has 0 aromatic carbocycles. The third-order valence-corrected chi connectivity index (χ3v) is 2.41. The molecule has 0 spiro atoms. The molecule has 0 fully saturated rings. The minimum atomic E-state index is -1.01. The van der Waals surface area contributed by atoms with Gasteiger partial charge in [0.25, 0.3) is 5.91 Å². The number of aryl methyl sites for hydroxylation is 2. The summed E-state index contributed by atoms with van der Waals surface area (Å²) in [5, 5.41) is 13.0. The van der Waals surface area contributed by atoms with Crippen molar-refractivity contribution >= 4 is 17.7 Å². The number of carboxylic acids is 1. The first-order valence-corrected chi connectivity index (χ1v) is 5.29. The SMILES string of the molecule is C=CCN(CC(=O)O)c1c(C(N)=O)c(C)nn1C. The molecule has 0 unspecified atom stereocenters. The van der Waals surface area contributed by atoms with E-state index in [9.17, 15) is 9.59 Å². The number of rotatable bonds is 6. The molecule has 0 aliphatic rings. The summed E-state index contributed by atoms with van der Waals surface area (Å²) in [4.78, 5) is 23.7. The van der Waals surface area contributed by atoms with Crippen LogP contribution in [0, 0.1) is 6.92 Å². The number of primary amides is 1. The number of nitrogens with two attached hydrogens (primary N) is 1. The number of amides is 1. The molecular formula is C11H16N4O3. The van der Waals surface area contributed by atoms with E-state index >= 15 is 0 Å². The van der Waals surface area contributed by atoms with Crippen molar-refractivity contribution in [3.63, 3.8) is 0 Å². The number of hydrogen-bond acceptors (Lipinski definition) is 4. The Hall–Kier alpha value is -2.31. The first kappa shape index (κ1) is 13.8. The quantitative estimate of drug-likeness (QED) is 0.689. The van der Waals surface area contributed by atoms with Gasteiger partial charge in [0.1, 0.15) is 17.9 Å². The summed E-state index contributed by atoms with van der Waals surface area (Å²) in [5.41, 5.74) is 6.01. The second-order valence-corrected chi connectivity index (χ2v) is 3.83. The summed E-state index contributed by atoms with van der Waals surface area (Å²) in [7, 11) is 1.63. The molecule has 3 N–H and O–H groups in total. The van der Waals surface area contributed by atoms with Crippen LogP contribution in [0.1, 0.15) is 16.1 Å². The van der Waals surface area contributed by atoms with Crippen LogP contribution in [0.3, 0.4) is 0 Å². The highest BCUT2D eigenvalue weighted by Gasteiger charge is 2.23. The lowest BCUT2D eigenvalue weighted by Crippen LogP contribution is -2.33. The van der Waals surface area contributed by atoms with E-state index in [2.05, 4.69) is 11.7 Å². The summed E-state index contributed by atoms with van der Waals surface area (Å²) in [6.07, 6.45) is 1.55. The van der Waals surface area contributed by atoms with Gasteiger partial charge in [-0.3, -0.25) is 14.3 Å². The Morgan fingerprint density at radius 2 is 2.22 bits per heavy atom. The third-order valence-electron chi connectivity index (χ3n) is 2.41. The molecule has 98 valence electrons. The fraction of sp³-hybridized carbons (Fsp3) is 0.364. The molecule has 1 aromatic heterocycles. The van der Waals surface area contributed by atoms with Crippen molar-refractivity contribution in [1.82, 2.24) is 9.78 Å². The molecule has 0 radical (unpaired) electrons. The van der Waals surface area contributed by atoms with Crippen LogP contribution in [0.4, 0.5) is 5.82 Å². The maximum atomic E-state index is 11.4. The highest BCUT2D eigenvalue weighted by Crippen LogP contribution is 2.22. The average Bonchev–Trinajstić information content (AvgIpc) is 2.52. The van der Waals surface area contributed by atoms with Crippen LogP contribution in [0.5, 0.6) is 0 Å². The maximum Gasteiger partial charge on any atom is 0.323 e. The number of carboxylic acid groups (broad SMARTS) is 1. The van der Waals surface area contributed by atoms with Gasteiger partial charge in [-0.15, -0.1) is 6.58 Å². The molecule has 0 bridgehead atoms. The van der Waals surface area contributed by atoms with E-state index in [0.29, 0.717) is 11.5 Å². The Bertz CT molecular complexity index is 493. The van der Waals surface area contributed by atoms with Crippen LogP contribution in [-0.2, 0) is 11.8 Å². The normalized spacial score (nSPS) is 10.1. The van der Waals surface area contributed by atoms with Gasteiger partial charge in [-0.25, -0.2) is 0 Å². The largest absolute Gasteiger partial charge is 0.480 e. The zero-order valence-electron chi connectivity index (χ0n) is 10.4. The van der Waals surface area contributed by atoms with Gasteiger partial charge in [0.15, 0.2) is 0 Å². The van der Waals surface area contributed by atoms with Gasteiger partial charge in [-0.1, -0.05) is 6.08 Å². The van der Waals surface area contributed by atoms with Crippen LogP contribution in [0.25, 0.3) is 0 Å². The van der Waals surface area contributed by atoms with Crippen LogP contribution in [-0.4, -0.2) is 39.9 Å². The predicted octanol–water partition coefficient (Wildman–Crippen LogP) is -0.0956. The molecule has 1 aromatic rings. The van der Waals surface area contributed by atoms with Crippen molar-refractivity contribution in [3.8, 4) is 0 Å². The lowest BCUT2D eigenvalue weighted by molar-refractivity contribution is -0.135. The molecular weight excluding hydrogens is 236 g/mol. The standard InChI is InChI=1S/C11H16N4O3/c1-4-5-15(6-8(16)17)11-9(10(12)18)7(2)13-14(11)3/h4H,1,5-6H2,2-3H3,(H2,12,18)(H,16,17). The van der Waals surface area contributed by atoms with Gasteiger partial charge in [0.05, 0.1) is 5.69 Å². The zero-order chi connectivity index (χ0) is 13.9. The molecule has 1 rings (SSSR count). The smallest absolute Gasteiger partial charge is 0.323 e. The van der Waals surface area contributed by atoms with Crippen LogP contribution < -0.4 is 10.6 Å². The van der Waals surface area contributed by atoms with E-state index in [0.717, 1.165) is 0 Å². The zero-order valence-corrected chi connectivity index (χ0v) is 10.4. The van der Waals surface area contributed by atoms with Crippen LogP contribution >= 0.6 is 0 Å². The van der Waals surface area contributed by atoms with E-state index in [1.165, 1.54) is 9.58 Å². The molecule has 1 amide bonds. The van der Waals surface area contributed by atoms with Crippen LogP contribution in [0.2, 0.25) is 0 Å². The van der Waals surface area contributed by atoms with Crippen molar-refractivity contribution in [2.45, 2.75) is 6.92 Å². The summed E-state index contributed by atoms with van der Waals surface area (Å²) >= 11 is 0. The van der Waals surface area contributed by atoms with Crippen molar-refractivity contribution < 1.29 is 14.7 Å². The minimum Gasteiger partial charge on any atom is -0.480 e. The monoisotopic (exact) mass is 252 g/mol. The number of nitrogens with zero attached hydrogens (tertiary/aromatic N) is 3. The first-order chi connectivity index (χ1) is 8.38. The number of aliphatic carboxylic acids is 1. The molecule has 7 nitrogen and oxygen atoms in total. The maximum absolute atomic E-state index is 11.4. The van der Waals surface area contributed by atoms with E-state index in [-0.39, 0.29) is 18.7 Å². The lowest BCUT2D eigenvalue weighted by atomic mass is 10.2. The van der Waals surface area contributed by atoms with E-state index in [1.54, 1.807) is 20.0 Å². The average molecular weight is 252 g/mol. The number of anilines is 1. The fourth-order valence-electron chi connectivity index (χ4n) is 1.84. The van der Waals surface area contributed by atoms with E-state index in [4.69, 9.17) is 10.8 Å². The molecule has 1 heterocycles. The number of aromatic nitrogens is 2. The Labute approximate surface area is 104 Å². The van der Waals surface area contributed by atoms with Crippen molar-refractivity contribution in [1.29, 1.82) is 0 Å². The summed E-state index contributed by atoms with van der Waals surface area (Å²) < 4.78 is 1.45. The number of carbonyl (C=O) groups excluding carboxylic acids is 1. The Kier molecular flexibility index (Phi) is 4.09. The molecule has 0 saturated carbocycles. The first-order valence-electron chi connectivity index (χ1n) is 5.29. The molecule has 0 saturated heterocycles. The second-order valence-electron chi connectivity index (χ2n) is 3.83. The number of hydrogen-bond donors (Lipinski definition) is 2. The van der Waals surface area contributed by atoms with Gasteiger partial charge in [0.2, 0.25) is 0 Å².